The summed E-state index contributed by atoms with van der Waals surface area (Å²) in [6.07, 6.45) is 4.58. The summed E-state index contributed by atoms with van der Waals surface area (Å²) in [6, 6.07) is 3.81. The first-order valence-electron chi connectivity index (χ1n) is 7.23. The van der Waals surface area contributed by atoms with Crippen molar-refractivity contribution in [3.8, 4) is 0 Å². The molecule has 5 heteroatoms. The second-order valence-electron chi connectivity index (χ2n) is 5.67. The third kappa shape index (κ3) is 3.10. The zero-order valence-electron chi connectivity index (χ0n) is 12.6. The number of pyridine rings is 1. The van der Waals surface area contributed by atoms with Crippen molar-refractivity contribution >= 4 is 17.4 Å². The van der Waals surface area contributed by atoms with Crippen LogP contribution in [0.2, 0.25) is 0 Å². The molecule has 5 nitrogen and oxygen atoms in total. The molecule has 1 saturated heterocycles. The third-order valence-electron chi connectivity index (χ3n) is 4.09. The Hall–Kier alpha value is -1.62. The summed E-state index contributed by atoms with van der Waals surface area (Å²) in [7, 11) is 3.89. The maximum atomic E-state index is 12.6. The molecule has 0 aliphatic carbocycles. The number of nitrogens with zero attached hydrogens (tertiary/aromatic N) is 2. The van der Waals surface area contributed by atoms with Gasteiger partial charge < -0.3 is 15.5 Å². The highest BCUT2D eigenvalue weighted by Crippen LogP contribution is 2.31. The molecule has 2 rings (SSSR count). The van der Waals surface area contributed by atoms with E-state index in [0.717, 1.165) is 43.9 Å². The summed E-state index contributed by atoms with van der Waals surface area (Å²) in [5, 5.41) is 6.34. The van der Waals surface area contributed by atoms with E-state index >= 15 is 0 Å². The average Bonchev–Trinajstić information content (AvgIpc) is 2.48. The van der Waals surface area contributed by atoms with Gasteiger partial charge in [-0.05, 0) is 37.9 Å². The number of rotatable bonds is 4. The van der Waals surface area contributed by atoms with Crippen molar-refractivity contribution in [1.29, 1.82) is 0 Å². The lowest BCUT2D eigenvalue weighted by Crippen LogP contribution is -2.47. The normalized spacial score (nSPS) is 22.4. The zero-order valence-corrected chi connectivity index (χ0v) is 12.6. The van der Waals surface area contributed by atoms with E-state index in [4.69, 9.17) is 0 Å². The second-order valence-corrected chi connectivity index (χ2v) is 5.67. The van der Waals surface area contributed by atoms with Gasteiger partial charge in [0.25, 0.3) is 0 Å². The van der Waals surface area contributed by atoms with E-state index < -0.39 is 0 Å². The number of hydrogen-bond acceptors (Lipinski definition) is 4. The first-order chi connectivity index (χ1) is 9.57. The molecule has 1 atom stereocenters. The van der Waals surface area contributed by atoms with Crippen LogP contribution < -0.4 is 15.5 Å². The first kappa shape index (κ1) is 14.8. The Morgan fingerprint density at radius 2 is 2.30 bits per heavy atom. The molecule has 2 heterocycles. The largest absolute Gasteiger partial charge is 0.363 e. The highest BCUT2D eigenvalue weighted by atomic mass is 16.2. The molecule has 0 saturated carbocycles. The highest BCUT2D eigenvalue weighted by Gasteiger charge is 2.37. The van der Waals surface area contributed by atoms with Crippen molar-refractivity contribution in [2.45, 2.75) is 26.2 Å². The SMILES string of the molecule is CCC1(C(=O)Nc2ccc(N(C)C)nc2)CCCNC1. The van der Waals surface area contributed by atoms with E-state index in [2.05, 4.69) is 22.5 Å². The number of piperidine rings is 1. The smallest absolute Gasteiger partial charge is 0.231 e. The minimum atomic E-state index is -0.279. The quantitative estimate of drug-likeness (QED) is 0.881. The number of aromatic nitrogens is 1. The molecule has 0 spiro atoms. The molecule has 1 fully saturated rings. The maximum absolute atomic E-state index is 12.6. The van der Waals surface area contributed by atoms with Crippen LogP contribution in [0.15, 0.2) is 18.3 Å². The number of nitrogens with one attached hydrogen (secondary N) is 2. The van der Waals surface area contributed by atoms with Crippen molar-refractivity contribution in [3.63, 3.8) is 0 Å². The van der Waals surface area contributed by atoms with Gasteiger partial charge in [-0.3, -0.25) is 4.79 Å². The summed E-state index contributed by atoms with van der Waals surface area (Å²) in [5.74, 6) is 0.985. The lowest BCUT2D eigenvalue weighted by Gasteiger charge is -2.35. The Morgan fingerprint density at radius 3 is 2.80 bits per heavy atom. The molecule has 1 aliphatic heterocycles. The maximum Gasteiger partial charge on any atom is 0.231 e. The van der Waals surface area contributed by atoms with E-state index in [1.807, 2.05) is 31.1 Å². The Balaban J connectivity index is 2.06. The number of carbonyl (C=O) groups is 1. The molecule has 1 aromatic rings. The molecule has 0 radical (unpaired) electrons. The third-order valence-corrected chi connectivity index (χ3v) is 4.09. The molecule has 0 bridgehead atoms. The minimum Gasteiger partial charge on any atom is -0.363 e. The second kappa shape index (κ2) is 6.22. The van der Waals surface area contributed by atoms with Crippen molar-refractivity contribution < 1.29 is 4.79 Å². The molecule has 1 amide bonds. The predicted molar refractivity (Wildman–Crippen MR) is 82.0 cm³/mol. The monoisotopic (exact) mass is 276 g/mol. The number of hydrogen-bond donors (Lipinski definition) is 2. The predicted octanol–water partition coefficient (Wildman–Crippen LogP) is 1.87. The van der Waals surface area contributed by atoms with Crippen LogP contribution in [0, 0.1) is 5.41 Å². The average molecular weight is 276 g/mol. The molecule has 1 aromatic heterocycles. The topological polar surface area (TPSA) is 57.3 Å². The Morgan fingerprint density at radius 1 is 1.50 bits per heavy atom. The molecule has 110 valence electrons. The van der Waals surface area contributed by atoms with Gasteiger partial charge in [0.15, 0.2) is 0 Å². The lowest BCUT2D eigenvalue weighted by atomic mass is 9.77. The molecule has 0 aromatic carbocycles. The zero-order chi connectivity index (χ0) is 14.6. The molecule has 2 N–H and O–H groups in total. The minimum absolute atomic E-state index is 0.103. The fourth-order valence-electron chi connectivity index (χ4n) is 2.61. The van der Waals surface area contributed by atoms with Gasteiger partial charge in [0, 0.05) is 20.6 Å². The molecule has 20 heavy (non-hydrogen) atoms. The van der Waals surface area contributed by atoms with Gasteiger partial charge in [-0.15, -0.1) is 0 Å². The van der Waals surface area contributed by atoms with Gasteiger partial charge in [0.2, 0.25) is 5.91 Å². The van der Waals surface area contributed by atoms with Crippen molar-refractivity contribution in [2.24, 2.45) is 5.41 Å². The van der Waals surface area contributed by atoms with Gasteiger partial charge in [-0.1, -0.05) is 6.92 Å². The summed E-state index contributed by atoms with van der Waals surface area (Å²) < 4.78 is 0. The van der Waals surface area contributed by atoms with Crippen LogP contribution in [0.1, 0.15) is 26.2 Å². The van der Waals surface area contributed by atoms with Gasteiger partial charge >= 0.3 is 0 Å². The van der Waals surface area contributed by atoms with E-state index in [-0.39, 0.29) is 11.3 Å². The highest BCUT2D eigenvalue weighted by molar-refractivity contribution is 5.95. The van der Waals surface area contributed by atoms with Crippen LogP contribution in [-0.4, -0.2) is 38.1 Å². The molecular formula is C15H24N4O. The molecular weight excluding hydrogens is 252 g/mol. The standard InChI is InChI=1S/C15H24N4O/c1-4-15(8-5-9-16-11-15)14(20)18-12-6-7-13(17-10-12)19(2)3/h6-7,10,16H,4-5,8-9,11H2,1-3H3,(H,18,20). The van der Waals surface area contributed by atoms with E-state index in [0.29, 0.717) is 0 Å². The Kier molecular flexibility index (Phi) is 4.60. The molecule has 1 unspecified atom stereocenters. The summed E-state index contributed by atoms with van der Waals surface area (Å²) >= 11 is 0. The van der Waals surface area contributed by atoms with Crippen LogP contribution in [0.3, 0.4) is 0 Å². The van der Waals surface area contributed by atoms with Crippen LogP contribution in [0.5, 0.6) is 0 Å². The van der Waals surface area contributed by atoms with Gasteiger partial charge in [0.05, 0.1) is 17.3 Å². The number of anilines is 2. The van der Waals surface area contributed by atoms with Crippen LogP contribution >= 0.6 is 0 Å². The van der Waals surface area contributed by atoms with Gasteiger partial charge in [-0.25, -0.2) is 4.98 Å². The first-order valence-corrected chi connectivity index (χ1v) is 7.23. The molecule has 1 aliphatic rings. The van der Waals surface area contributed by atoms with Crippen LogP contribution in [0.25, 0.3) is 0 Å². The van der Waals surface area contributed by atoms with Crippen LogP contribution in [0.4, 0.5) is 11.5 Å². The fraction of sp³-hybridized carbons (Fsp3) is 0.600. The lowest BCUT2D eigenvalue weighted by molar-refractivity contribution is -0.126. The van der Waals surface area contributed by atoms with Crippen LogP contribution in [-0.2, 0) is 4.79 Å². The summed E-state index contributed by atoms with van der Waals surface area (Å²) in [6.45, 7) is 3.85. The Bertz CT molecular complexity index is 449. The van der Waals surface area contributed by atoms with Crippen molar-refractivity contribution in [2.75, 3.05) is 37.4 Å². The fourth-order valence-corrected chi connectivity index (χ4v) is 2.61. The van der Waals surface area contributed by atoms with Gasteiger partial charge in [-0.2, -0.15) is 0 Å². The number of amides is 1. The van der Waals surface area contributed by atoms with E-state index in [1.54, 1.807) is 6.20 Å². The van der Waals surface area contributed by atoms with E-state index in [9.17, 15) is 4.79 Å². The summed E-state index contributed by atoms with van der Waals surface area (Å²) in [4.78, 5) is 18.8. The van der Waals surface area contributed by atoms with Crippen molar-refractivity contribution in [3.05, 3.63) is 18.3 Å². The van der Waals surface area contributed by atoms with E-state index in [1.165, 1.54) is 0 Å². The summed E-state index contributed by atoms with van der Waals surface area (Å²) in [5.41, 5.74) is 0.484. The number of carbonyl (C=O) groups excluding carboxylic acids is 1. The van der Waals surface area contributed by atoms with Crippen molar-refractivity contribution in [1.82, 2.24) is 10.3 Å². The Labute approximate surface area is 120 Å². The van der Waals surface area contributed by atoms with Gasteiger partial charge in [0.1, 0.15) is 5.82 Å².